The Balaban J connectivity index is 1.51. The van der Waals surface area contributed by atoms with Gasteiger partial charge in [0.1, 0.15) is 18.2 Å². The second-order valence-electron chi connectivity index (χ2n) is 8.51. The first kappa shape index (κ1) is 26.3. The van der Waals surface area contributed by atoms with Gasteiger partial charge < -0.3 is 24.8 Å². The Hall–Kier alpha value is -3.77. The number of benzene rings is 2. The van der Waals surface area contributed by atoms with Gasteiger partial charge in [-0.1, -0.05) is 24.3 Å². The average Bonchev–Trinajstić information content (AvgIpc) is 3.13. The zero-order valence-corrected chi connectivity index (χ0v) is 20.4. The van der Waals surface area contributed by atoms with Gasteiger partial charge >= 0.3 is 12.4 Å². The lowest BCUT2D eigenvalue weighted by Crippen LogP contribution is -2.46. The number of carbonyl (C=O) groups is 1. The lowest BCUT2D eigenvalue weighted by molar-refractivity contribution is -0.274. The number of rotatable bonds is 10. The molecule has 1 saturated heterocycles. The number of ether oxygens (including phenoxy) is 3. The molecule has 0 bridgehead atoms. The zero-order chi connectivity index (χ0) is 26.4. The number of alkyl halides is 3. The SMILES string of the molecule is COCc1ccc(OC(F)(F)F)c(CNC(=O)Nc2c(C)c(OCC3CCN3)nn2-c2ccccc2)c1. The second kappa shape index (κ2) is 11.5. The fraction of sp³-hybridized carbons (Fsp3) is 0.360. The number of urea groups is 1. The highest BCUT2D eigenvalue weighted by Gasteiger charge is 2.32. The summed E-state index contributed by atoms with van der Waals surface area (Å²) < 4.78 is 55.3. The topological polar surface area (TPSA) is 98.7 Å². The highest BCUT2D eigenvalue weighted by molar-refractivity contribution is 5.89. The van der Waals surface area contributed by atoms with E-state index in [0.29, 0.717) is 35.1 Å². The summed E-state index contributed by atoms with van der Waals surface area (Å²) in [5, 5.41) is 13.1. The molecule has 3 aromatic rings. The van der Waals surface area contributed by atoms with E-state index in [1.54, 1.807) is 11.6 Å². The van der Waals surface area contributed by atoms with E-state index in [0.717, 1.165) is 13.0 Å². The van der Waals surface area contributed by atoms with Gasteiger partial charge in [-0.3, -0.25) is 5.32 Å². The molecule has 0 aliphatic carbocycles. The third-order valence-corrected chi connectivity index (χ3v) is 5.76. The maximum Gasteiger partial charge on any atom is 0.573 e. The minimum atomic E-state index is -4.87. The van der Waals surface area contributed by atoms with Crippen molar-refractivity contribution in [3.05, 3.63) is 65.2 Å². The molecule has 1 atom stereocenters. The fourth-order valence-corrected chi connectivity index (χ4v) is 3.76. The Bertz CT molecular complexity index is 1210. The molecule has 4 rings (SSSR count). The van der Waals surface area contributed by atoms with Gasteiger partial charge in [-0.2, -0.15) is 0 Å². The van der Waals surface area contributed by atoms with Gasteiger partial charge in [0.05, 0.1) is 17.9 Å². The summed E-state index contributed by atoms with van der Waals surface area (Å²) >= 11 is 0. The zero-order valence-electron chi connectivity index (χ0n) is 20.4. The fourth-order valence-electron chi connectivity index (χ4n) is 3.76. The highest BCUT2D eigenvalue weighted by Crippen LogP contribution is 2.30. The number of halogens is 3. The van der Waals surface area contributed by atoms with Crippen LogP contribution in [0.5, 0.6) is 11.6 Å². The van der Waals surface area contributed by atoms with Crippen LogP contribution in [-0.2, 0) is 17.9 Å². The molecule has 2 heterocycles. The van der Waals surface area contributed by atoms with Gasteiger partial charge in [-0.15, -0.1) is 18.3 Å². The summed E-state index contributed by atoms with van der Waals surface area (Å²) in [6.45, 7) is 3.14. The number of aromatic nitrogens is 2. The van der Waals surface area contributed by atoms with Crippen molar-refractivity contribution in [3.63, 3.8) is 0 Å². The molecule has 2 amide bonds. The molecule has 37 heavy (non-hydrogen) atoms. The number of nitrogens with zero attached hydrogens (tertiary/aromatic N) is 2. The summed E-state index contributed by atoms with van der Waals surface area (Å²) in [7, 11) is 1.48. The number of nitrogens with one attached hydrogen (secondary N) is 3. The lowest BCUT2D eigenvalue weighted by atomic mass is 10.1. The van der Waals surface area contributed by atoms with Crippen molar-refractivity contribution < 1.29 is 32.2 Å². The van der Waals surface area contributed by atoms with Crippen LogP contribution in [0.2, 0.25) is 0 Å². The van der Waals surface area contributed by atoms with E-state index in [1.807, 2.05) is 30.3 Å². The van der Waals surface area contributed by atoms with Crippen LogP contribution >= 0.6 is 0 Å². The van der Waals surface area contributed by atoms with Gasteiger partial charge in [0.25, 0.3) is 0 Å². The summed E-state index contributed by atoms with van der Waals surface area (Å²) in [5.74, 6) is 0.347. The summed E-state index contributed by atoms with van der Waals surface area (Å²) in [6.07, 6.45) is -3.86. The molecule has 1 aliphatic heterocycles. The number of amides is 2. The van der Waals surface area contributed by atoms with E-state index < -0.39 is 18.1 Å². The Kier molecular flexibility index (Phi) is 8.19. The number of hydrogen-bond acceptors (Lipinski definition) is 6. The predicted octanol–water partition coefficient (Wildman–Crippen LogP) is 4.29. The molecule has 1 aliphatic rings. The summed E-state index contributed by atoms with van der Waals surface area (Å²) in [6, 6.07) is 13.0. The Morgan fingerprint density at radius 1 is 1.22 bits per heavy atom. The first-order chi connectivity index (χ1) is 17.7. The number of para-hydroxylation sites is 1. The lowest BCUT2D eigenvalue weighted by Gasteiger charge is -2.26. The van der Waals surface area contributed by atoms with Crippen LogP contribution in [0.1, 0.15) is 23.1 Å². The van der Waals surface area contributed by atoms with Crippen molar-refractivity contribution in [1.29, 1.82) is 0 Å². The molecule has 1 aromatic heterocycles. The van der Waals surface area contributed by atoms with E-state index in [2.05, 4.69) is 25.8 Å². The molecule has 198 valence electrons. The van der Waals surface area contributed by atoms with Crippen LogP contribution in [0.25, 0.3) is 5.69 Å². The summed E-state index contributed by atoms with van der Waals surface area (Å²) in [5.41, 5.74) is 2.09. The van der Waals surface area contributed by atoms with E-state index in [4.69, 9.17) is 9.47 Å². The molecule has 12 heteroatoms. The Labute approximate surface area is 211 Å². The van der Waals surface area contributed by atoms with Gasteiger partial charge in [-0.05, 0) is 49.7 Å². The third-order valence-electron chi connectivity index (χ3n) is 5.76. The van der Waals surface area contributed by atoms with E-state index in [-0.39, 0.29) is 24.8 Å². The molecule has 9 nitrogen and oxygen atoms in total. The van der Waals surface area contributed by atoms with Crippen LogP contribution in [0.4, 0.5) is 23.8 Å². The molecular weight excluding hydrogens is 491 g/mol. The van der Waals surface area contributed by atoms with E-state index in [9.17, 15) is 18.0 Å². The minimum absolute atomic E-state index is 0.146. The maximum atomic E-state index is 12.9. The first-order valence-electron chi connectivity index (χ1n) is 11.7. The number of hydrogen-bond donors (Lipinski definition) is 3. The van der Waals surface area contributed by atoms with Gasteiger partial charge in [-0.25, -0.2) is 9.48 Å². The minimum Gasteiger partial charge on any atom is -0.475 e. The molecule has 1 fully saturated rings. The molecule has 0 saturated carbocycles. The molecular formula is C25H28F3N5O4. The van der Waals surface area contributed by atoms with Gasteiger partial charge in [0.15, 0.2) is 0 Å². The average molecular weight is 520 g/mol. The molecule has 1 unspecified atom stereocenters. The Morgan fingerprint density at radius 2 is 1.97 bits per heavy atom. The smallest absolute Gasteiger partial charge is 0.475 e. The van der Waals surface area contributed by atoms with Crippen LogP contribution in [0, 0.1) is 6.92 Å². The van der Waals surface area contributed by atoms with Crippen LogP contribution in [-0.4, -0.2) is 48.5 Å². The van der Waals surface area contributed by atoms with Gasteiger partial charge in [0.2, 0.25) is 5.88 Å². The summed E-state index contributed by atoms with van der Waals surface area (Å²) in [4.78, 5) is 12.9. The largest absolute Gasteiger partial charge is 0.573 e. The third kappa shape index (κ3) is 6.92. The van der Waals surface area contributed by atoms with Gasteiger partial charge in [0, 0.05) is 25.3 Å². The number of anilines is 1. The van der Waals surface area contributed by atoms with Crippen molar-refractivity contribution in [2.24, 2.45) is 0 Å². The van der Waals surface area contributed by atoms with Crippen LogP contribution < -0.4 is 25.4 Å². The van der Waals surface area contributed by atoms with Crippen molar-refractivity contribution in [2.45, 2.75) is 38.9 Å². The molecule has 3 N–H and O–H groups in total. The second-order valence-corrected chi connectivity index (χ2v) is 8.51. The standard InChI is InChI=1S/C25H28F3N5O4/c1-16-22(33(20-6-4-3-5-7-20)32-23(16)36-15-19-10-11-29-19)31-24(34)30-13-18-12-17(14-35-2)8-9-21(18)37-25(26,27)28/h3-9,12,19,29H,10-11,13-15H2,1-2H3,(H2,30,31,34). The van der Waals surface area contributed by atoms with Crippen LogP contribution in [0.15, 0.2) is 48.5 Å². The quantitative estimate of drug-likeness (QED) is 0.370. The molecule has 2 aromatic carbocycles. The monoisotopic (exact) mass is 519 g/mol. The van der Waals surface area contributed by atoms with E-state index in [1.165, 1.54) is 25.3 Å². The number of methoxy groups -OCH3 is 1. The predicted molar refractivity (Wildman–Crippen MR) is 130 cm³/mol. The van der Waals surface area contributed by atoms with Crippen molar-refractivity contribution in [1.82, 2.24) is 20.4 Å². The normalized spacial score (nSPS) is 15.1. The van der Waals surface area contributed by atoms with E-state index >= 15 is 0 Å². The highest BCUT2D eigenvalue weighted by atomic mass is 19.4. The number of carbonyl (C=O) groups excluding carboxylic acids is 1. The Morgan fingerprint density at radius 3 is 2.62 bits per heavy atom. The maximum absolute atomic E-state index is 12.9. The van der Waals surface area contributed by atoms with Crippen LogP contribution in [0.3, 0.4) is 0 Å². The van der Waals surface area contributed by atoms with Crippen molar-refractivity contribution in [2.75, 3.05) is 25.6 Å². The van der Waals surface area contributed by atoms with Crippen molar-refractivity contribution >= 4 is 11.8 Å². The van der Waals surface area contributed by atoms with Crippen molar-refractivity contribution in [3.8, 4) is 17.3 Å². The molecule has 0 spiro atoms. The first-order valence-corrected chi connectivity index (χ1v) is 11.7. The molecule has 0 radical (unpaired) electrons.